The van der Waals surface area contributed by atoms with Crippen molar-refractivity contribution in [2.45, 2.75) is 24.4 Å². The average Bonchev–Trinajstić information content (AvgIpc) is 3.53. The molecule has 0 bridgehead atoms. The van der Waals surface area contributed by atoms with E-state index in [0.29, 0.717) is 28.5 Å². The van der Waals surface area contributed by atoms with Crippen LogP contribution in [0.3, 0.4) is 0 Å². The monoisotopic (exact) mass is 457 g/mol. The van der Waals surface area contributed by atoms with E-state index >= 15 is 0 Å². The largest absolute Gasteiger partial charge is 0.323 e. The minimum absolute atomic E-state index is 0.146. The van der Waals surface area contributed by atoms with E-state index in [9.17, 15) is 14.4 Å². The van der Waals surface area contributed by atoms with Crippen LogP contribution in [0.2, 0.25) is 5.02 Å². The summed E-state index contributed by atoms with van der Waals surface area (Å²) in [5, 5.41) is 5.39. The molecule has 4 heterocycles. The molecule has 7 heteroatoms. The topological polar surface area (TPSA) is 69.7 Å². The lowest BCUT2D eigenvalue weighted by Gasteiger charge is -2.36. The molecule has 3 fully saturated rings. The third-order valence-electron chi connectivity index (χ3n) is 7.97. The minimum Gasteiger partial charge on any atom is -0.323 e. The molecule has 3 aromatic carbocycles. The SMILES string of the molecule is O=C1[C@H]2[C@@H](C(=O)N1c1ccc3ccccc3c1)[C@]1(C(=O)Nc3c(Cl)cccc31)N1CCC[C@@H]21. The van der Waals surface area contributed by atoms with Crippen molar-refractivity contribution < 1.29 is 14.4 Å². The van der Waals surface area contributed by atoms with Crippen LogP contribution < -0.4 is 10.2 Å². The Labute approximate surface area is 195 Å². The van der Waals surface area contributed by atoms with Crippen LogP contribution in [0.1, 0.15) is 18.4 Å². The number of carbonyl (C=O) groups excluding carboxylic acids is 3. The number of hydrogen-bond donors (Lipinski definition) is 1. The number of rotatable bonds is 1. The molecule has 4 aliphatic rings. The summed E-state index contributed by atoms with van der Waals surface area (Å²) in [4.78, 5) is 44.9. The van der Waals surface area contributed by atoms with Gasteiger partial charge in [0.2, 0.25) is 11.8 Å². The first-order chi connectivity index (χ1) is 16.0. The highest BCUT2D eigenvalue weighted by Gasteiger charge is 2.74. The van der Waals surface area contributed by atoms with Gasteiger partial charge in [0.1, 0.15) is 5.54 Å². The van der Waals surface area contributed by atoms with Crippen LogP contribution in [0.25, 0.3) is 10.8 Å². The summed E-state index contributed by atoms with van der Waals surface area (Å²) in [6, 6.07) is 18.7. The van der Waals surface area contributed by atoms with Crippen molar-refractivity contribution in [3.63, 3.8) is 0 Å². The smallest absolute Gasteiger partial charge is 0.250 e. The van der Waals surface area contributed by atoms with Crippen LogP contribution in [-0.4, -0.2) is 35.2 Å². The maximum atomic E-state index is 14.0. The average molecular weight is 458 g/mol. The van der Waals surface area contributed by atoms with Crippen molar-refractivity contribution in [1.29, 1.82) is 0 Å². The number of fused-ring (bicyclic) bond motifs is 8. The molecule has 7 rings (SSSR count). The van der Waals surface area contributed by atoms with E-state index in [4.69, 9.17) is 11.6 Å². The van der Waals surface area contributed by atoms with Gasteiger partial charge in [-0.1, -0.05) is 54.1 Å². The Morgan fingerprint density at radius 3 is 2.61 bits per heavy atom. The Hall–Kier alpha value is -3.22. The van der Waals surface area contributed by atoms with Crippen molar-refractivity contribution in [2.75, 3.05) is 16.8 Å². The lowest BCUT2D eigenvalue weighted by molar-refractivity contribution is -0.135. The predicted molar refractivity (Wildman–Crippen MR) is 125 cm³/mol. The van der Waals surface area contributed by atoms with E-state index in [1.54, 1.807) is 6.07 Å². The molecule has 4 atom stereocenters. The first-order valence-corrected chi connectivity index (χ1v) is 11.6. The first-order valence-electron chi connectivity index (χ1n) is 11.3. The maximum Gasteiger partial charge on any atom is 0.250 e. The van der Waals surface area contributed by atoms with E-state index in [0.717, 1.165) is 23.6 Å². The Kier molecular flexibility index (Phi) is 3.75. The van der Waals surface area contributed by atoms with Crippen molar-refractivity contribution in [2.24, 2.45) is 11.8 Å². The molecule has 164 valence electrons. The number of para-hydroxylation sites is 1. The minimum atomic E-state index is -1.20. The van der Waals surface area contributed by atoms with Gasteiger partial charge in [-0.2, -0.15) is 0 Å². The molecule has 0 aliphatic carbocycles. The standard InChI is InChI=1S/C26H20ClN3O3/c27-18-8-3-7-17-22(18)28-25(33)26(17)21-20(19-9-4-12-29(19)26)23(31)30(24(21)32)16-11-10-14-5-1-2-6-15(14)13-16/h1-3,5-8,10-11,13,19-21H,4,9,12H2,(H,28,33)/t19-,20+,21-,26+/m0/s1. The molecule has 0 saturated carbocycles. The summed E-state index contributed by atoms with van der Waals surface area (Å²) >= 11 is 6.43. The van der Waals surface area contributed by atoms with Gasteiger partial charge >= 0.3 is 0 Å². The van der Waals surface area contributed by atoms with E-state index in [-0.39, 0.29) is 23.8 Å². The second kappa shape index (κ2) is 6.43. The van der Waals surface area contributed by atoms with Crippen molar-refractivity contribution >= 4 is 51.5 Å². The van der Waals surface area contributed by atoms with Gasteiger partial charge in [0.05, 0.1) is 28.2 Å². The first kappa shape index (κ1) is 19.3. The fraction of sp³-hybridized carbons (Fsp3) is 0.269. The number of halogens is 1. The van der Waals surface area contributed by atoms with Crippen LogP contribution in [0.4, 0.5) is 11.4 Å². The van der Waals surface area contributed by atoms with Crippen molar-refractivity contribution in [1.82, 2.24) is 4.90 Å². The zero-order chi connectivity index (χ0) is 22.5. The molecule has 3 aromatic rings. The van der Waals surface area contributed by atoms with Crippen LogP contribution in [0, 0.1) is 11.8 Å². The molecule has 4 aliphatic heterocycles. The molecule has 3 amide bonds. The number of anilines is 2. The fourth-order valence-electron chi connectivity index (χ4n) is 6.76. The van der Waals surface area contributed by atoms with Crippen LogP contribution in [0.5, 0.6) is 0 Å². The highest BCUT2D eigenvalue weighted by Crippen LogP contribution is 2.61. The Morgan fingerprint density at radius 2 is 1.76 bits per heavy atom. The van der Waals surface area contributed by atoms with Crippen LogP contribution >= 0.6 is 11.6 Å². The highest BCUT2D eigenvalue weighted by molar-refractivity contribution is 6.35. The lowest BCUT2D eigenvalue weighted by Crippen LogP contribution is -2.54. The summed E-state index contributed by atoms with van der Waals surface area (Å²) < 4.78 is 0. The summed E-state index contributed by atoms with van der Waals surface area (Å²) in [6.45, 7) is 0.674. The number of nitrogens with one attached hydrogen (secondary N) is 1. The van der Waals surface area contributed by atoms with E-state index < -0.39 is 17.4 Å². The third-order valence-corrected chi connectivity index (χ3v) is 8.28. The molecule has 1 spiro atoms. The van der Waals surface area contributed by atoms with Crippen molar-refractivity contribution in [3.8, 4) is 0 Å². The number of nitrogens with zero attached hydrogens (tertiary/aromatic N) is 2. The third kappa shape index (κ3) is 2.20. The molecule has 33 heavy (non-hydrogen) atoms. The number of hydrogen-bond acceptors (Lipinski definition) is 4. The van der Waals surface area contributed by atoms with E-state index in [1.807, 2.05) is 54.6 Å². The molecular formula is C26H20ClN3O3. The molecule has 3 saturated heterocycles. The van der Waals surface area contributed by atoms with Gasteiger partial charge in [0.15, 0.2) is 0 Å². The Morgan fingerprint density at radius 1 is 0.939 bits per heavy atom. The second-order valence-electron chi connectivity index (χ2n) is 9.33. The van der Waals surface area contributed by atoms with Gasteiger partial charge < -0.3 is 5.32 Å². The zero-order valence-electron chi connectivity index (χ0n) is 17.6. The number of imide groups is 1. The Balaban J connectivity index is 1.42. The summed E-state index contributed by atoms with van der Waals surface area (Å²) in [5.41, 5.74) is 0.619. The zero-order valence-corrected chi connectivity index (χ0v) is 18.4. The maximum absolute atomic E-state index is 14.0. The lowest BCUT2D eigenvalue weighted by atomic mass is 9.75. The molecule has 6 nitrogen and oxygen atoms in total. The van der Waals surface area contributed by atoms with Gasteiger partial charge in [0, 0.05) is 11.6 Å². The molecule has 0 unspecified atom stereocenters. The van der Waals surface area contributed by atoms with Gasteiger partial charge in [-0.15, -0.1) is 0 Å². The van der Waals surface area contributed by atoms with Crippen LogP contribution in [0.15, 0.2) is 60.7 Å². The fourth-order valence-corrected chi connectivity index (χ4v) is 6.99. The van der Waals surface area contributed by atoms with Gasteiger partial charge in [0.25, 0.3) is 5.91 Å². The van der Waals surface area contributed by atoms with Crippen LogP contribution in [-0.2, 0) is 19.9 Å². The molecule has 0 radical (unpaired) electrons. The molecular weight excluding hydrogens is 438 g/mol. The van der Waals surface area contributed by atoms with Gasteiger partial charge in [-0.05, 0) is 48.4 Å². The molecule has 1 N–H and O–H groups in total. The highest BCUT2D eigenvalue weighted by atomic mass is 35.5. The Bertz CT molecular complexity index is 1400. The predicted octanol–water partition coefficient (Wildman–Crippen LogP) is 3.92. The normalized spacial score (nSPS) is 30.3. The van der Waals surface area contributed by atoms with Gasteiger partial charge in [-0.3, -0.25) is 19.3 Å². The van der Waals surface area contributed by atoms with Gasteiger partial charge in [-0.25, -0.2) is 4.90 Å². The summed E-state index contributed by atoms with van der Waals surface area (Å²) in [7, 11) is 0. The summed E-state index contributed by atoms with van der Waals surface area (Å²) in [5.74, 6) is -2.11. The number of amides is 3. The van der Waals surface area contributed by atoms with Crippen molar-refractivity contribution in [3.05, 3.63) is 71.2 Å². The van der Waals surface area contributed by atoms with E-state index in [2.05, 4.69) is 10.2 Å². The quantitative estimate of drug-likeness (QED) is 0.562. The number of benzene rings is 3. The van der Waals surface area contributed by atoms with E-state index in [1.165, 1.54) is 4.90 Å². The number of carbonyl (C=O) groups is 3. The molecule has 0 aromatic heterocycles. The summed E-state index contributed by atoms with van der Waals surface area (Å²) in [6.07, 6.45) is 1.67. The second-order valence-corrected chi connectivity index (χ2v) is 9.74.